The van der Waals surface area contributed by atoms with E-state index in [9.17, 15) is 9.18 Å². The van der Waals surface area contributed by atoms with E-state index in [2.05, 4.69) is 52.9 Å². The first kappa shape index (κ1) is 28.4. The van der Waals surface area contributed by atoms with Crippen LogP contribution in [0.1, 0.15) is 50.1 Å². The van der Waals surface area contributed by atoms with Crippen LogP contribution < -0.4 is 15.0 Å². The molecule has 0 bridgehead atoms. The number of hydrogen-bond acceptors (Lipinski definition) is 5. The van der Waals surface area contributed by atoms with Crippen LogP contribution >= 0.6 is 47.8 Å². The largest absolute Gasteiger partial charge is 0.490 e. The minimum atomic E-state index is -0.304. The fourth-order valence-electron chi connectivity index (χ4n) is 3.73. The Morgan fingerprint density at radius 2 is 1.79 bits per heavy atom. The second-order valence-electron chi connectivity index (χ2n) is 8.57. The van der Waals surface area contributed by atoms with E-state index in [1.54, 1.807) is 30.5 Å². The van der Waals surface area contributed by atoms with E-state index in [1.807, 2.05) is 32.9 Å². The molecule has 4 aromatic rings. The first-order valence-electron chi connectivity index (χ1n) is 12.0. The van der Waals surface area contributed by atoms with Crippen molar-refractivity contribution in [3.63, 3.8) is 0 Å². The van der Waals surface area contributed by atoms with Crippen LogP contribution in [0, 0.1) is 5.82 Å². The van der Waals surface area contributed by atoms with E-state index in [4.69, 9.17) is 14.5 Å². The number of hydrogen-bond donors (Lipinski definition) is 0. The predicted octanol–water partition coefficient (Wildman–Crippen LogP) is 8.20. The molecule has 6 nitrogen and oxygen atoms in total. The summed E-state index contributed by atoms with van der Waals surface area (Å²) in [5.41, 5.74) is 1.87. The molecule has 4 rings (SSSR count). The van der Waals surface area contributed by atoms with Crippen molar-refractivity contribution in [1.82, 2.24) is 9.66 Å². The summed E-state index contributed by atoms with van der Waals surface area (Å²) >= 11 is 10.7. The zero-order valence-corrected chi connectivity index (χ0v) is 25.7. The van der Waals surface area contributed by atoms with Crippen molar-refractivity contribution in [2.75, 3.05) is 6.61 Å². The molecule has 1 aromatic heterocycles. The van der Waals surface area contributed by atoms with E-state index >= 15 is 0 Å². The lowest BCUT2D eigenvalue weighted by Gasteiger charge is -2.17. The Morgan fingerprint density at radius 1 is 1.05 bits per heavy atom. The average molecular weight is 710 g/mol. The first-order chi connectivity index (χ1) is 18.2. The third-order valence-electron chi connectivity index (χ3n) is 5.95. The highest BCUT2D eigenvalue weighted by Crippen LogP contribution is 2.43. The predicted molar refractivity (Wildman–Crippen MR) is 159 cm³/mol. The van der Waals surface area contributed by atoms with Crippen molar-refractivity contribution in [3.8, 4) is 11.5 Å². The molecule has 0 N–H and O–H groups in total. The number of nitrogens with zero attached hydrogens (tertiary/aromatic N) is 3. The molecule has 0 spiro atoms. The Labute approximate surface area is 245 Å². The monoisotopic (exact) mass is 707 g/mol. The fraction of sp³-hybridized carbons (Fsp3) is 0.250. The summed E-state index contributed by atoms with van der Waals surface area (Å²) in [6.45, 7) is 6.59. The SMILES string of the molecule is CCOc1cc(C=Nn2c([C@H](C)CC)nc3ccc(Br)cc3c2=O)c(Br)c(Br)c1OCc1ccc(F)cc1. The molecule has 1 atom stereocenters. The van der Waals surface area contributed by atoms with Crippen molar-refractivity contribution in [3.05, 3.63) is 95.1 Å². The van der Waals surface area contributed by atoms with Crippen molar-refractivity contribution in [2.24, 2.45) is 5.10 Å². The Kier molecular flexibility index (Phi) is 9.38. The van der Waals surface area contributed by atoms with E-state index in [0.29, 0.717) is 49.3 Å². The molecule has 0 aliphatic heterocycles. The smallest absolute Gasteiger partial charge is 0.282 e. The maximum Gasteiger partial charge on any atom is 0.282 e. The van der Waals surface area contributed by atoms with Gasteiger partial charge in [-0.15, -0.1) is 0 Å². The standard InChI is InChI=1S/C28H25Br3FN3O3/c1-4-16(3)27-34-22-11-8-19(29)13-21(22)28(36)35(27)33-14-18-12-23(37-5-2)26(25(31)24(18)30)38-15-17-6-9-20(32)10-7-17/h6-14,16H,4-5,15H2,1-3H3/t16-/m1/s1. The first-order valence-corrected chi connectivity index (χ1v) is 14.4. The van der Waals surface area contributed by atoms with Crippen LogP contribution in [-0.2, 0) is 6.61 Å². The number of benzene rings is 3. The van der Waals surface area contributed by atoms with Gasteiger partial charge in [0.1, 0.15) is 18.2 Å². The van der Waals surface area contributed by atoms with Gasteiger partial charge in [-0.05, 0) is 87.2 Å². The lowest BCUT2D eigenvalue weighted by Crippen LogP contribution is -2.23. The van der Waals surface area contributed by atoms with Gasteiger partial charge in [-0.2, -0.15) is 9.78 Å². The van der Waals surface area contributed by atoms with Crippen molar-refractivity contribution < 1.29 is 13.9 Å². The molecule has 1 heterocycles. The number of aromatic nitrogens is 2. The molecule has 0 unspecified atom stereocenters. The van der Waals surface area contributed by atoms with E-state index in [1.165, 1.54) is 16.8 Å². The van der Waals surface area contributed by atoms with Crippen LogP contribution in [0.4, 0.5) is 4.39 Å². The lowest BCUT2D eigenvalue weighted by atomic mass is 10.1. The third kappa shape index (κ3) is 6.18. The summed E-state index contributed by atoms with van der Waals surface area (Å²) < 4.78 is 28.6. The molecule has 3 aromatic carbocycles. The van der Waals surface area contributed by atoms with Gasteiger partial charge in [0.2, 0.25) is 0 Å². The average Bonchev–Trinajstić information content (AvgIpc) is 2.91. The molecule has 198 valence electrons. The molecule has 0 fully saturated rings. The molecular formula is C28H25Br3FN3O3. The van der Waals surface area contributed by atoms with Crippen molar-refractivity contribution in [2.45, 2.75) is 39.7 Å². The van der Waals surface area contributed by atoms with Gasteiger partial charge in [0.05, 0.1) is 28.2 Å². The highest BCUT2D eigenvalue weighted by atomic mass is 79.9. The van der Waals surface area contributed by atoms with E-state index < -0.39 is 0 Å². The topological polar surface area (TPSA) is 65.7 Å². The molecule has 0 saturated carbocycles. The fourth-order valence-corrected chi connectivity index (χ4v) is 5.03. The van der Waals surface area contributed by atoms with Gasteiger partial charge in [-0.3, -0.25) is 4.79 Å². The molecular weight excluding hydrogens is 685 g/mol. The minimum Gasteiger partial charge on any atom is -0.490 e. The van der Waals surface area contributed by atoms with Crippen molar-refractivity contribution in [1.29, 1.82) is 0 Å². The number of rotatable bonds is 9. The molecule has 0 aliphatic rings. The molecule has 38 heavy (non-hydrogen) atoms. The second-order valence-corrected chi connectivity index (χ2v) is 11.1. The summed E-state index contributed by atoms with van der Waals surface area (Å²) in [5.74, 6) is 1.30. The maximum atomic E-state index is 13.5. The summed E-state index contributed by atoms with van der Waals surface area (Å²) in [6, 6.07) is 13.4. The van der Waals surface area contributed by atoms with E-state index in [-0.39, 0.29) is 23.9 Å². The molecule has 0 amide bonds. The molecule has 10 heteroatoms. The second kappa shape index (κ2) is 12.5. The number of ether oxygens (including phenoxy) is 2. The lowest BCUT2D eigenvalue weighted by molar-refractivity contribution is 0.267. The molecule has 0 radical (unpaired) electrons. The van der Waals surface area contributed by atoms with Crippen LogP contribution in [0.2, 0.25) is 0 Å². The van der Waals surface area contributed by atoms with Gasteiger partial charge >= 0.3 is 0 Å². The normalized spacial score (nSPS) is 12.3. The number of fused-ring (bicyclic) bond motifs is 1. The van der Waals surface area contributed by atoms with Gasteiger partial charge < -0.3 is 9.47 Å². The Balaban J connectivity index is 1.76. The Hall–Kier alpha value is -2.56. The van der Waals surface area contributed by atoms with E-state index in [0.717, 1.165) is 16.5 Å². The van der Waals surface area contributed by atoms with Crippen LogP contribution in [-0.4, -0.2) is 22.5 Å². The number of halogens is 4. The summed E-state index contributed by atoms with van der Waals surface area (Å²) in [5, 5.41) is 5.05. The minimum absolute atomic E-state index is 0.0179. The Bertz CT molecular complexity index is 1560. The van der Waals surface area contributed by atoms with Gasteiger partial charge in [0.25, 0.3) is 5.56 Å². The van der Waals surface area contributed by atoms with Crippen LogP contribution in [0.15, 0.2) is 71.8 Å². The van der Waals surface area contributed by atoms with Gasteiger partial charge in [0.15, 0.2) is 11.5 Å². The zero-order chi connectivity index (χ0) is 27.4. The quantitative estimate of drug-likeness (QED) is 0.165. The Morgan fingerprint density at radius 3 is 2.47 bits per heavy atom. The zero-order valence-electron chi connectivity index (χ0n) is 21.0. The summed E-state index contributed by atoms with van der Waals surface area (Å²) in [4.78, 5) is 18.2. The highest BCUT2D eigenvalue weighted by Gasteiger charge is 2.19. The summed E-state index contributed by atoms with van der Waals surface area (Å²) in [7, 11) is 0. The maximum absolute atomic E-state index is 13.5. The highest BCUT2D eigenvalue weighted by molar-refractivity contribution is 9.13. The van der Waals surface area contributed by atoms with Gasteiger partial charge in [-0.1, -0.05) is 41.9 Å². The third-order valence-corrected chi connectivity index (χ3v) is 8.59. The summed E-state index contributed by atoms with van der Waals surface area (Å²) in [6.07, 6.45) is 2.40. The van der Waals surface area contributed by atoms with Gasteiger partial charge in [-0.25, -0.2) is 9.37 Å². The van der Waals surface area contributed by atoms with Crippen molar-refractivity contribution >= 4 is 64.9 Å². The molecule has 0 aliphatic carbocycles. The van der Waals surface area contributed by atoms with Crippen LogP contribution in [0.3, 0.4) is 0 Å². The van der Waals surface area contributed by atoms with Crippen LogP contribution in [0.5, 0.6) is 11.5 Å². The van der Waals surface area contributed by atoms with Gasteiger partial charge in [0, 0.05) is 20.4 Å². The van der Waals surface area contributed by atoms with Crippen LogP contribution in [0.25, 0.3) is 10.9 Å². The molecule has 0 saturated heterocycles.